The molecule has 0 N–H and O–H groups in total. The number of methoxy groups -OCH3 is 1. The summed E-state index contributed by atoms with van der Waals surface area (Å²) in [6.07, 6.45) is 0. The number of aliphatic imine (C=N–C) groups is 1. The van der Waals surface area contributed by atoms with Crippen molar-refractivity contribution in [2.24, 2.45) is 4.99 Å². The summed E-state index contributed by atoms with van der Waals surface area (Å²) in [4.78, 5) is 17.9. The maximum absolute atomic E-state index is 11.6. The van der Waals surface area contributed by atoms with Crippen molar-refractivity contribution in [1.82, 2.24) is 4.90 Å². The van der Waals surface area contributed by atoms with Crippen LogP contribution >= 0.6 is 0 Å². The maximum atomic E-state index is 11.6. The van der Waals surface area contributed by atoms with Crippen LogP contribution in [-0.2, 0) is 14.3 Å². The highest BCUT2D eigenvalue weighted by atomic mass is 16.5. The number of morpholine rings is 1. The fourth-order valence-corrected chi connectivity index (χ4v) is 2.44. The molecule has 1 aromatic carbocycles. The molecule has 6 nitrogen and oxygen atoms in total. The summed E-state index contributed by atoms with van der Waals surface area (Å²) in [5.74, 6) is -0.735. The molecule has 0 unspecified atom stereocenters. The van der Waals surface area contributed by atoms with Gasteiger partial charge >= 0.3 is 5.97 Å². The van der Waals surface area contributed by atoms with Crippen molar-refractivity contribution in [3.8, 4) is 6.07 Å². The van der Waals surface area contributed by atoms with Gasteiger partial charge in [-0.15, -0.1) is 0 Å². The first-order valence-electron chi connectivity index (χ1n) is 7.33. The first-order chi connectivity index (χ1) is 11.2. The minimum absolute atomic E-state index is 0.258. The van der Waals surface area contributed by atoms with Gasteiger partial charge < -0.3 is 14.4 Å². The van der Waals surface area contributed by atoms with Gasteiger partial charge in [0, 0.05) is 13.1 Å². The number of allylic oxidation sites excluding steroid dienone is 1. The second-order valence-electron chi connectivity index (χ2n) is 4.96. The lowest BCUT2D eigenvalue weighted by atomic mass is 10.1. The van der Waals surface area contributed by atoms with Crippen molar-refractivity contribution < 1.29 is 14.3 Å². The Labute approximate surface area is 135 Å². The van der Waals surface area contributed by atoms with E-state index in [0.717, 1.165) is 24.4 Å². The Balaban J connectivity index is 2.48. The van der Waals surface area contributed by atoms with Crippen molar-refractivity contribution in [3.05, 3.63) is 41.6 Å². The van der Waals surface area contributed by atoms with E-state index in [9.17, 15) is 4.79 Å². The molecule has 1 fully saturated rings. The molecule has 0 radical (unpaired) electrons. The zero-order valence-electron chi connectivity index (χ0n) is 13.3. The van der Waals surface area contributed by atoms with Gasteiger partial charge in [-0.3, -0.25) is 0 Å². The summed E-state index contributed by atoms with van der Waals surface area (Å²) in [5.41, 5.74) is 2.22. The molecular formula is C17H19N3O3. The van der Waals surface area contributed by atoms with E-state index in [1.165, 1.54) is 7.11 Å². The van der Waals surface area contributed by atoms with Gasteiger partial charge in [-0.1, -0.05) is 30.3 Å². The number of carbonyl (C=O) groups excluding carboxylic acids is 1. The van der Waals surface area contributed by atoms with E-state index >= 15 is 0 Å². The summed E-state index contributed by atoms with van der Waals surface area (Å²) in [5, 5.41) is 9.10. The molecule has 0 bridgehead atoms. The van der Waals surface area contributed by atoms with Gasteiger partial charge in [0.05, 0.1) is 31.7 Å². The first-order valence-corrected chi connectivity index (χ1v) is 7.33. The number of nitriles is 1. The molecule has 0 aliphatic carbocycles. The normalized spacial score (nSPS) is 16.4. The van der Waals surface area contributed by atoms with Crippen LogP contribution in [0, 0.1) is 11.3 Å². The summed E-state index contributed by atoms with van der Waals surface area (Å²) in [6, 6.07) is 11.6. The highest BCUT2D eigenvalue weighted by Gasteiger charge is 2.19. The number of ether oxygens (including phenoxy) is 2. The van der Waals surface area contributed by atoms with Gasteiger partial charge in [-0.2, -0.15) is 5.26 Å². The van der Waals surface area contributed by atoms with E-state index < -0.39 is 5.97 Å². The van der Waals surface area contributed by atoms with Gasteiger partial charge in [0.15, 0.2) is 0 Å². The predicted molar refractivity (Wildman–Crippen MR) is 86.5 cm³/mol. The molecule has 0 spiro atoms. The molecule has 1 heterocycles. The Bertz CT molecular complexity index is 653. The minimum Gasteiger partial charge on any atom is -0.464 e. The zero-order chi connectivity index (χ0) is 16.7. The molecule has 23 heavy (non-hydrogen) atoms. The number of esters is 1. The van der Waals surface area contributed by atoms with E-state index in [0.29, 0.717) is 18.9 Å². The molecule has 0 atom stereocenters. The Morgan fingerprint density at radius 1 is 1.30 bits per heavy atom. The van der Waals surface area contributed by atoms with Crippen LogP contribution in [-0.4, -0.2) is 50.0 Å². The van der Waals surface area contributed by atoms with Crippen molar-refractivity contribution in [1.29, 1.82) is 5.26 Å². The summed E-state index contributed by atoms with van der Waals surface area (Å²) in [6.45, 7) is 4.53. The fraction of sp³-hybridized carbons (Fsp3) is 0.353. The van der Waals surface area contributed by atoms with Gasteiger partial charge in [-0.25, -0.2) is 9.79 Å². The SMILES string of the molecule is COC(=O)C(C#N)=NC(C)=C(c1ccccc1)N1CCOCC1. The van der Waals surface area contributed by atoms with Gasteiger partial charge in [0.2, 0.25) is 5.71 Å². The predicted octanol–water partition coefficient (Wildman–Crippen LogP) is 1.84. The summed E-state index contributed by atoms with van der Waals surface area (Å²) >= 11 is 0. The average molecular weight is 313 g/mol. The van der Waals surface area contributed by atoms with E-state index in [-0.39, 0.29) is 5.71 Å². The molecule has 1 saturated heterocycles. The van der Waals surface area contributed by atoms with E-state index in [1.54, 1.807) is 13.0 Å². The highest BCUT2D eigenvalue weighted by Crippen LogP contribution is 2.25. The Hall–Kier alpha value is -2.65. The van der Waals surface area contributed by atoms with Crippen LogP contribution in [0.15, 0.2) is 41.0 Å². The topological polar surface area (TPSA) is 74.9 Å². The Kier molecular flexibility index (Phi) is 5.89. The zero-order valence-corrected chi connectivity index (χ0v) is 13.3. The second kappa shape index (κ2) is 8.11. The van der Waals surface area contributed by atoms with E-state index in [4.69, 9.17) is 10.00 Å². The lowest BCUT2D eigenvalue weighted by molar-refractivity contribution is -0.132. The molecule has 1 aromatic rings. The molecule has 0 amide bonds. The largest absolute Gasteiger partial charge is 0.464 e. The van der Waals surface area contributed by atoms with Gasteiger partial charge in [0.1, 0.15) is 6.07 Å². The third kappa shape index (κ3) is 4.18. The van der Waals surface area contributed by atoms with Crippen LogP contribution < -0.4 is 0 Å². The lowest BCUT2D eigenvalue weighted by Gasteiger charge is -2.32. The first kappa shape index (κ1) is 16.7. The lowest BCUT2D eigenvalue weighted by Crippen LogP contribution is -2.35. The molecule has 0 saturated carbocycles. The summed E-state index contributed by atoms with van der Waals surface area (Å²) in [7, 11) is 1.23. The molecule has 2 rings (SSSR count). The fourth-order valence-electron chi connectivity index (χ4n) is 2.44. The average Bonchev–Trinajstić information content (AvgIpc) is 2.61. The third-order valence-electron chi connectivity index (χ3n) is 3.48. The van der Waals surface area contributed by atoms with Crippen LogP contribution in [0.4, 0.5) is 0 Å². The van der Waals surface area contributed by atoms with Crippen LogP contribution in [0.1, 0.15) is 12.5 Å². The molecule has 6 heteroatoms. The monoisotopic (exact) mass is 313 g/mol. The van der Waals surface area contributed by atoms with Crippen LogP contribution in [0.25, 0.3) is 5.70 Å². The Morgan fingerprint density at radius 2 is 1.96 bits per heavy atom. The second-order valence-corrected chi connectivity index (χ2v) is 4.96. The quantitative estimate of drug-likeness (QED) is 0.626. The number of hydrogen-bond acceptors (Lipinski definition) is 6. The van der Waals surface area contributed by atoms with Crippen LogP contribution in [0.5, 0.6) is 0 Å². The standard InChI is InChI=1S/C17H19N3O3/c1-13(19-15(12-18)17(21)22-2)16(14-6-4-3-5-7-14)20-8-10-23-11-9-20/h3-7H,8-11H2,1-2H3. The van der Waals surface area contributed by atoms with Crippen molar-refractivity contribution >= 4 is 17.4 Å². The molecule has 0 aromatic heterocycles. The molecule has 1 aliphatic rings. The molecule has 120 valence electrons. The van der Waals surface area contributed by atoms with Crippen molar-refractivity contribution in [2.75, 3.05) is 33.4 Å². The molecule has 1 aliphatic heterocycles. The minimum atomic E-state index is -0.735. The van der Waals surface area contributed by atoms with E-state index in [1.807, 2.05) is 30.3 Å². The number of rotatable bonds is 4. The third-order valence-corrected chi connectivity index (χ3v) is 3.48. The van der Waals surface area contributed by atoms with Crippen molar-refractivity contribution in [2.45, 2.75) is 6.92 Å². The Morgan fingerprint density at radius 3 is 2.52 bits per heavy atom. The molecular weight excluding hydrogens is 294 g/mol. The number of nitrogens with zero attached hydrogens (tertiary/aromatic N) is 3. The highest BCUT2D eigenvalue weighted by molar-refractivity contribution is 6.43. The number of hydrogen-bond donors (Lipinski definition) is 0. The van der Waals surface area contributed by atoms with Crippen LogP contribution in [0.2, 0.25) is 0 Å². The number of carbonyl (C=O) groups is 1. The van der Waals surface area contributed by atoms with Gasteiger partial charge in [0.25, 0.3) is 0 Å². The number of benzene rings is 1. The van der Waals surface area contributed by atoms with E-state index in [2.05, 4.69) is 14.6 Å². The van der Waals surface area contributed by atoms with Crippen LogP contribution in [0.3, 0.4) is 0 Å². The summed E-state index contributed by atoms with van der Waals surface area (Å²) < 4.78 is 9.98. The smallest absolute Gasteiger partial charge is 0.367 e. The maximum Gasteiger partial charge on any atom is 0.367 e. The van der Waals surface area contributed by atoms with Crippen molar-refractivity contribution in [3.63, 3.8) is 0 Å². The van der Waals surface area contributed by atoms with Gasteiger partial charge in [-0.05, 0) is 12.5 Å².